The van der Waals surface area contributed by atoms with Gasteiger partial charge in [0, 0.05) is 6.42 Å². The van der Waals surface area contributed by atoms with Gasteiger partial charge in [0.1, 0.15) is 11.9 Å². The number of hydrogen-bond donors (Lipinski definition) is 0. The van der Waals surface area contributed by atoms with Gasteiger partial charge in [-0.3, -0.25) is 4.79 Å². The molecular weight excluding hydrogens is 308 g/mol. The number of carbonyl (C=O) groups is 1. The molecule has 0 aliphatic carbocycles. The third kappa shape index (κ3) is 6.23. The molecule has 0 N–H and O–H groups in total. The van der Waals surface area contributed by atoms with E-state index >= 15 is 0 Å². The number of hydrogen-bond acceptors (Lipinski definition) is 2. The van der Waals surface area contributed by atoms with Gasteiger partial charge < -0.3 is 21.7 Å². The molecule has 1 aromatic heterocycles. The fourth-order valence-corrected chi connectivity index (χ4v) is 2.00. The van der Waals surface area contributed by atoms with Crippen LogP contribution in [0.3, 0.4) is 0 Å². The molecule has 0 aliphatic rings. The number of aryl methyl sites for hydroxylation is 3. The van der Waals surface area contributed by atoms with Crippen molar-refractivity contribution in [1.29, 1.82) is 0 Å². The highest BCUT2D eigenvalue weighted by molar-refractivity contribution is 5.69. The van der Waals surface area contributed by atoms with Crippen LogP contribution in [0.5, 0.6) is 0 Å². The van der Waals surface area contributed by atoms with E-state index in [0.29, 0.717) is 6.42 Å². The lowest BCUT2D eigenvalue weighted by Crippen LogP contribution is -3.00. The molecule has 0 radical (unpaired) electrons. The summed E-state index contributed by atoms with van der Waals surface area (Å²) in [5.74, 6) is -0.139. The minimum absolute atomic E-state index is 0. The Morgan fingerprint density at radius 3 is 2.68 bits per heavy atom. The van der Waals surface area contributed by atoms with Crippen LogP contribution in [0.15, 0.2) is 12.5 Å². The molecule has 0 spiro atoms. The maximum Gasteiger partial charge on any atom is 0.305 e. The Morgan fingerprint density at radius 2 is 2.11 bits per heavy atom. The van der Waals surface area contributed by atoms with Crippen LogP contribution < -0.4 is 21.5 Å². The standard InChI is InChI=1S/C14H25N2O2.BrH/c1-4-6-7-10-16-12-15(5-2)11-13(16)8-9-14(17)18-3;/h11-12H,4-10H2,1-3H3;1H/q+1;/p-1. The number of rotatable bonds is 8. The number of esters is 1. The van der Waals surface area contributed by atoms with Crippen LogP contribution in [0.25, 0.3) is 0 Å². The van der Waals surface area contributed by atoms with Gasteiger partial charge in [0.05, 0.1) is 26.6 Å². The summed E-state index contributed by atoms with van der Waals surface area (Å²) >= 11 is 0. The molecule has 5 heteroatoms. The van der Waals surface area contributed by atoms with Crippen LogP contribution in [0, 0.1) is 0 Å². The zero-order chi connectivity index (χ0) is 13.4. The molecule has 0 fully saturated rings. The van der Waals surface area contributed by atoms with E-state index in [9.17, 15) is 4.79 Å². The highest BCUT2D eigenvalue weighted by atomic mass is 79.9. The van der Waals surface area contributed by atoms with E-state index in [0.717, 1.165) is 19.5 Å². The quantitative estimate of drug-likeness (QED) is 0.351. The SMILES string of the molecule is CCCCCn1c[n+](CC)cc1CCC(=O)OC.[Br-]. The summed E-state index contributed by atoms with van der Waals surface area (Å²) in [5.41, 5.74) is 1.22. The maximum atomic E-state index is 11.2. The Balaban J connectivity index is 0.00000324. The van der Waals surface area contributed by atoms with Crippen LogP contribution in [0.2, 0.25) is 0 Å². The van der Waals surface area contributed by atoms with Gasteiger partial charge in [-0.05, 0) is 19.8 Å². The van der Waals surface area contributed by atoms with E-state index in [4.69, 9.17) is 0 Å². The number of ether oxygens (including phenoxy) is 1. The molecule has 0 bridgehead atoms. The number of unbranched alkanes of at least 4 members (excludes halogenated alkanes) is 2. The average molecular weight is 333 g/mol. The predicted octanol–water partition coefficient (Wildman–Crippen LogP) is -0.905. The Kier molecular flexibility index (Phi) is 9.57. The van der Waals surface area contributed by atoms with Crippen LogP contribution in [0.4, 0.5) is 0 Å². The number of halogens is 1. The monoisotopic (exact) mass is 332 g/mol. The predicted molar refractivity (Wildman–Crippen MR) is 70.2 cm³/mol. The zero-order valence-electron chi connectivity index (χ0n) is 12.2. The van der Waals surface area contributed by atoms with Gasteiger partial charge in [-0.1, -0.05) is 13.3 Å². The van der Waals surface area contributed by atoms with Gasteiger partial charge in [-0.15, -0.1) is 0 Å². The first kappa shape index (κ1) is 18.2. The van der Waals surface area contributed by atoms with Gasteiger partial charge in [-0.2, -0.15) is 0 Å². The molecule has 0 aliphatic heterocycles. The Bertz CT molecular complexity index is 378. The molecule has 1 heterocycles. The third-order valence-electron chi connectivity index (χ3n) is 3.15. The maximum absolute atomic E-state index is 11.2. The number of methoxy groups -OCH3 is 1. The molecular formula is C14H25BrN2O2. The van der Waals surface area contributed by atoms with E-state index in [1.165, 1.54) is 32.1 Å². The number of aromatic nitrogens is 2. The normalized spacial score (nSPS) is 10.1. The summed E-state index contributed by atoms with van der Waals surface area (Å²) in [6.07, 6.45) is 9.16. The van der Waals surface area contributed by atoms with Crippen molar-refractivity contribution in [2.45, 2.75) is 59.0 Å². The van der Waals surface area contributed by atoms with Crippen molar-refractivity contribution in [2.24, 2.45) is 0 Å². The summed E-state index contributed by atoms with van der Waals surface area (Å²) < 4.78 is 9.12. The summed E-state index contributed by atoms with van der Waals surface area (Å²) in [6, 6.07) is 0. The molecule has 0 saturated carbocycles. The fourth-order valence-electron chi connectivity index (χ4n) is 2.00. The molecule has 1 rings (SSSR count). The topological polar surface area (TPSA) is 35.1 Å². The molecule has 110 valence electrons. The number of nitrogens with zero attached hydrogens (tertiary/aromatic N) is 2. The Morgan fingerprint density at radius 1 is 1.37 bits per heavy atom. The lowest BCUT2D eigenvalue weighted by atomic mass is 10.2. The second kappa shape index (κ2) is 10.0. The molecule has 0 unspecified atom stereocenters. The summed E-state index contributed by atoms with van der Waals surface area (Å²) in [7, 11) is 1.44. The molecule has 0 saturated heterocycles. The third-order valence-corrected chi connectivity index (χ3v) is 3.15. The molecule has 19 heavy (non-hydrogen) atoms. The summed E-state index contributed by atoms with van der Waals surface area (Å²) in [6.45, 7) is 6.34. The van der Waals surface area contributed by atoms with Crippen molar-refractivity contribution in [1.82, 2.24) is 4.57 Å². The van der Waals surface area contributed by atoms with Gasteiger partial charge in [0.15, 0.2) is 0 Å². The molecule has 0 aromatic carbocycles. The average Bonchev–Trinajstić information content (AvgIpc) is 2.79. The van der Waals surface area contributed by atoms with E-state index in [1.54, 1.807) is 0 Å². The largest absolute Gasteiger partial charge is 1.00 e. The minimum Gasteiger partial charge on any atom is -1.00 e. The molecule has 4 nitrogen and oxygen atoms in total. The van der Waals surface area contributed by atoms with Crippen molar-refractivity contribution in [3.05, 3.63) is 18.2 Å². The van der Waals surface area contributed by atoms with Crippen molar-refractivity contribution in [3.63, 3.8) is 0 Å². The first-order chi connectivity index (χ1) is 8.71. The fraction of sp³-hybridized carbons (Fsp3) is 0.714. The van der Waals surface area contributed by atoms with Crippen LogP contribution in [-0.2, 0) is 29.0 Å². The second-order valence-corrected chi connectivity index (χ2v) is 4.54. The van der Waals surface area contributed by atoms with Gasteiger partial charge in [-0.25, -0.2) is 9.13 Å². The highest BCUT2D eigenvalue weighted by Gasteiger charge is 2.14. The van der Waals surface area contributed by atoms with Crippen molar-refractivity contribution in [2.75, 3.05) is 7.11 Å². The van der Waals surface area contributed by atoms with Crippen molar-refractivity contribution in [3.8, 4) is 0 Å². The van der Waals surface area contributed by atoms with Crippen molar-refractivity contribution < 1.29 is 31.1 Å². The lowest BCUT2D eigenvalue weighted by molar-refractivity contribution is -0.693. The summed E-state index contributed by atoms with van der Waals surface area (Å²) in [4.78, 5) is 11.2. The van der Waals surface area contributed by atoms with E-state index in [-0.39, 0.29) is 23.0 Å². The zero-order valence-corrected chi connectivity index (χ0v) is 13.8. The molecule has 1 aromatic rings. The minimum atomic E-state index is -0.139. The second-order valence-electron chi connectivity index (χ2n) is 4.54. The van der Waals surface area contributed by atoms with Gasteiger partial charge >= 0.3 is 5.97 Å². The van der Waals surface area contributed by atoms with Crippen LogP contribution in [-0.4, -0.2) is 17.6 Å². The first-order valence-electron chi connectivity index (χ1n) is 6.86. The highest BCUT2D eigenvalue weighted by Crippen LogP contribution is 2.06. The number of imidazole rings is 1. The van der Waals surface area contributed by atoms with Crippen molar-refractivity contribution >= 4 is 5.97 Å². The van der Waals surface area contributed by atoms with Crippen LogP contribution in [0.1, 0.15) is 45.2 Å². The lowest BCUT2D eigenvalue weighted by Gasteiger charge is -2.01. The number of carbonyl (C=O) groups excluding carboxylic acids is 1. The molecule has 0 atom stereocenters. The van der Waals surface area contributed by atoms with E-state index < -0.39 is 0 Å². The Hall–Kier alpha value is -0.840. The summed E-state index contributed by atoms with van der Waals surface area (Å²) in [5, 5.41) is 0. The molecule has 0 amide bonds. The smallest absolute Gasteiger partial charge is 0.305 e. The van der Waals surface area contributed by atoms with E-state index in [2.05, 4.69) is 40.2 Å². The van der Waals surface area contributed by atoms with Gasteiger partial charge in [0.2, 0.25) is 6.33 Å². The van der Waals surface area contributed by atoms with E-state index in [1.807, 2.05) is 0 Å². The van der Waals surface area contributed by atoms with Gasteiger partial charge in [0.25, 0.3) is 0 Å². The van der Waals surface area contributed by atoms with Crippen LogP contribution >= 0.6 is 0 Å². The Labute approximate surface area is 126 Å². The first-order valence-corrected chi connectivity index (χ1v) is 6.86.